The van der Waals surface area contributed by atoms with Gasteiger partial charge in [-0.3, -0.25) is 9.48 Å². The minimum Gasteiger partial charge on any atom is -0.305 e. The van der Waals surface area contributed by atoms with E-state index < -0.39 is 9.84 Å². The van der Waals surface area contributed by atoms with Crippen LogP contribution in [0.3, 0.4) is 0 Å². The van der Waals surface area contributed by atoms with Gasteiger partial charge in [-0.1, -0.05) is 17.7 Å². The molecule has 1 heterocycles. The van der Waals surface area contributed by atoms with Crippen LogP contribution in [-0.2, 0) is 16.4 Å². The topological polar surface area (TPSA) is 81.1 Å². The van der Waals surface area contributed by atoms with Crippen molar-refractivity contribution < 1.29 is 13.2 Å². The lowest BCUT2D eigenvalue weighted by Crippen LogP contribution is -2.14. The summed E-state index contributed by atoms with van der Waals surface area (Å²) in [7, 11) is -3.03. The Morgan fingerprint density at radius 2 is 2.10 bits per heavy atom. The Balaban J connectivity index is 2.01. The van der Waals surface area contributed by atoms with Gasteiger partial charge < -0.3 is 5.32 Å². The first-order valence-electron chi connectivity index (χ1n) is 6.43. The van der Waals surface area contributed by atoms with Crippen molar-refractivity contribution in [1.29, 1.82) is 0 Å². The van der Waals surface area contributed by atoms with Crippen molar-refractivity contribution in [1.82, 2.24) is 9.78 Å². The molecular weight excluding hydrogens is 290 g/mol. The lowest BCUT2D eigenvalue weighted by atomic mass is 10.1. The summed E-state index contributed by atoms with van der Waals surface area (Å²) in [6, 6.07) is 8.88. The molecule has 6 nitrogen and oxygen atoms in total. The highest BCUT2D eigenvalue weighted by atomic mass is 32.2. The summed E-state index contributed by atoms with van der Waals surface area (Å²) in [5.74, 6) is 0.169. The third-order valence-electron chi connectivity index (χ3n) is 2.85. The van der Waals surface area contributed by atoms with Gasteiger partial charge in [0, 0.05) is 24.1 Å². The van der Waals surface area contributed by atoms with Crippen molar-refractivity contribution in [3.8, 4) is 0 Å². The summed E-state index contributed by atoms with van der Waals surface area (Å²) in [5.41, 5.74) is 1.56. The first-order valence-corrected chi connectivity index (χ1v) is 8.49. The maximum Gasteiger partial charge on any atom is 0.256 e. The van der Waals surface area contributed by atoms with Crippen LogP contribution in [0.5, 0.6) is 0 Å². The number of aromatic nitrogens is 2. The fraction of sp³-hybridized carbons (Fsp3) is 0.286. The molecule has 112 valence electrons. The quantitative estimate of drug-likeness (QED) is 0.907. The Kier molecular flexibility index (Phi) is 4.42. The van der Waals surface area contributed by atoms with E-state index in [-0.39, 0.29) is 18.2 Å². The van der Waals surface area contributed by atoms with E-state index in [9.17, 15) is 13.2 Å². The van der Waals surface area contributed by atoms with E-state index in [4.69, 9.17) is 0 Å². The van der Waals surface area contributed by atoms with Gasteiger partial charge in [-0.05, 0) is 19.1 Å². The number of nitrogens with zero attached hydrogens (tertiary/aromatic N) is 2. The van der Waals surface area contributed by atoms with E-state index in [0.29, 0.717) is 11.4 Å². The summed E-state index contributed by atoms with van der Waals surface area (Å²) in [5, 5.41) is 6.80. The maximum atomic E-state index is 12.0. The molecule has 0 spiro atoms. The number of rotatable bonds is 5. The Bertz CT molecular complexity index is 750. The molecular formula is C14H17N3O3S. The third kappa shape index (κ3) is 4.71. The van der Waals surface area contributed by atoms with Crippen molar-refractivity contribution in [2.24, 2.45) is 0 Å². The van der Waals surface area contributed by atoms with E-state index >= 15 is 0 Å². The number of anilines is 1. The Morgan fingerprint density at radius 3 is 2.76 bits per heavy atom. The molecule has 0 aliphatic rings. The molecule has 2 rings (SSSR count). The van der Waals surface area contributed by atoms with Crippen LogP contribution in [0.2, 0.25) is 0 Å². The van der Waals surface area contributed by atoms with E-state index in [1.54, 1.807) is 24.4 Å². The fourth-order valence-corrected chi connectivity index (χ4v) is 2.31. The van der Waals surface area contributed by atoms with E-state index in [1.165, 1.54) is 10.9 Å². The molecule has 0 fully saturated rings. The van der Waals surface area contributed by atoms with E-state index in [2.05, 4.69) is 10.4 Å². The van der Waals surface area contributed by atoms with E-state index in [1.807, 2.05) is 19.1 Å². The Hall–Kier alpha value is -2.15. The van der Waals surface area contributed by atoms with Crippen molar-refractivity contribution in [3.05, 3.63) is 47.7 Å². The standard InChI is InChI=1S/C14H17N3O3S/c1-11-4-3-5-12(10-11)14(18)15-13-6-7-17(16-13)8-9-21(2,19)20/h3-7,10H,8-9H2,1-2H3,(H,15,16,18). The molecule has 1 amide bonds. The second kappa shape index (κ2) is 6.09. The van der Waals surface area contributed by atoms with Crippen LogP contribution >= 0.6 is 0 Å². The van der Waals surface area contributed by atoms with Crippen molar-refractivity contribution in [2.75, 3.05) is 17.3 Å². The molecule has 0 radical (unpaired) electrons. The SMILES string of the molecule is Cc1cccc(C(=O)Nc2ccn(CCS(C)(=O)=O)n2)c1. The Morgan fingerprint density at radius 1 is 1.33 bits per heavy atom. The summed E-state index contributed by atoms with van der Waals surface area (Å²) >= 11 is 0. The van der Waals surface area contributed by atoms with Gasteiger partial charge >= 0.3 is 0 Å². The molecule has 1 aromatic carbocycles. The first kappa shape index (κ1) is 15.2. The maximum absolute atomic E-state index is 12.0. The number of nitrogens with one attached hydrogen (secondary N) is 1. The molecule has 0 aliphatic carbocycles. The highest BCUT2D eigenvalue weighted by Gasteiger charge is 2.09. The van der Waals surface area contributed by atoms with Gasteiger partial charge in [0.15, 0.2) is 5.82 Å². The zero-order chi connectivity index (χ0) is 15.5. The van der Waals surface area contributed by atoms with Crippen molar-refractivity contribution in [2.45, 2.75) is 13.5 Å². The molecule has 7 heteroatoms. The summed E-state index contributed by atoms with van der Waals surface area (Å²) < 4.78 is 23.7. The number of carbonyl (C=O) groups is 1. The van der Waals surface area contributed by atoms with Crippen LogP contribution in [0, 0.1) is 6.92 Å². The van der Waals surface area contributed by atoms with Gasteiger partial charge in [0.05, 0.1) is 12.3 Å². The fourth-order valence-electron chi connectivity index (χ4n) is 1.79. The first-order chi connectivity index (χ1) is 9.83. The molecule has 21 heavy (non-hydrogen) atoms. The van der Waals surface area contributed by atoms with Gasteiger partial charge in [0.25, 0.3) is 5.91 Å². The summed E-state index contributed by atoms with van der Waals surface area (Å²) in [6.07, 6.45) is 2.81. The van der Waals surface area contributed by atoms with Crippen LogP contribution in [-0.4, -0.2) is 36.1 Å². The van der Waals surface area contributed by atoms with Gasteiger partial charge in [0.2, 0.25) is 0 Å². The normalized spacial score (nSPS) is 11.3. The number of benzene rings is 1. The zero-order valence-electron chi connectivity index (χ0n) is 11.9. The van der Waals surface area contributed by atoms with Crippen molar-refractivity contribution >= 4 is 21.6 Å². The second-order valence-electron chi connectivity index (χ2n) is 4.92. The summed E-state index contributed by atoms with van der Waals surface area (Å²) in [4.78, 5) is 12.0. The molecule has 0 aliphatic heterocycles. The minimum atomic E-state index is -3.03. The lowest BCUT2D eigenvalue weighted by molar-refractivity contribution is 0.102. The van der Waals surface area contributed by atoms with Crippen LogP contribution in [0.4, 0.5) is 5.82 Å². The molecule has 1 aromatic heterocycles. The van der Waals surface area contributed by atoms with Crippen LogP contribution in [0.25, 0.3) is 0 Å². The average molecular weight is 307 g/mol. The minimum absolute atomic E-state index is 0.0138. The van der Waals surface area contributed by atoms with Crippen molar-refractivity contribution in [3.63, 3.8) is 0 Å². The molecule has 0 saturated heterocycles. The molecule has 2 aromatic rings. The molecule has 0 bridgehead atoms. The van der Waals surface area contributed by atoms with Gasteiger partial charge in [-0.15, -0.1) is 0 Å². The van der Waals surface area contributed by atoms with Crippen LogP contribution in [0.15, 0.2) is 36.5 Å². The van der Waals surface area contributed by atoms with Crippen LogP contribution in [0.1, 0.15) is 15.9 Å². The summed E-state index contributed by atoms with van der Waals surface area (Å²) in [6.45, 7) is 2.18. The van der Waals surface area contributed by atoms with Gasteiger partial charge in [0.1, 0.15) is 9.84 Å². The Labute approximate surface area is 123 Å². The predicted molar refractivity (Wildman–Crippen MR) is 81.1 cm³/mol. The van der Waals surface area contributed by atoms with Gasteiger partial charge in [-0.2, -0.15) is 5.10 Å². The predicted octanol–water partition coefficient (Wildman–Crippen LogP) is 1.49. The smallest absolute Gasteiger partial charge is 0.256 e. The van der Waals surface area contributed by atoms with E-state index in [0.717, 1.165) is 5.56 Å². The molecule has 0 saturated carbocycles. The molecule has 1 N–H and O–H groups in total. The highest BCUT2D eigenvalue weighted by Crippen LogP contribution is 2.08. The van der Waals surface area contributed by atoms with Crippen LogP contribution < -0.4 is 5.32 Å². The number of aryl methyl sites for hydroxylation is 2. The molecule has 0 unspecified atom stereocenters. The lowest BCUT2D eigenvalue weighted by Gasteiger charge is -2.03. The monoisotopic (exact) mass is 307 g/mol. The number of hydrogen-bond acceptors (Lipinski definition) is 4. The number of hydrogen-bond donors (Lipinski definition) is 1. The zero-order valence-corrected chi connectivity index (χ0v) is 12.7. The molecule has 0 atom stereocenters. The number of sulfone groups is 1. The second-order valence-corrected chi connectivity index (χ2v) is 7.18. The largest absolute Gasteiger partial charge is 0.305 e. The highest BCUT2D eigenvalue weighted by molar-refractivity contribution is 7.90. The average Bonchev–Trinajstić information content (AvgIpc) is 2.83. The van der Waals surface area contributed by atoms with Gasteiger partial charge in [-0.25, -0.2) is 8.42 Å². The number of amides is 1. The third-order valence-corrected chi connectivity index (χ3v) is 3.78. The number of carbonyl (C=O) groups excluding carboxylic acids is 1.